The van der Waals surface area contributed by atoms with E-state index in [-0.39, 0.29) is 5.56 Å². The number of hydrogen-bond donors (Lipinski definition) is 0. The molecule has 0 amide bonds. The van der Waals surface area contributed by atoms with Gasteiger partial charge in [-0.3, -0.25) is 9.20 Å². The molecule has 0 aliphatic rings. The highest BCUT2D eigenvalue weighted by atomic mass is 16.1. The molecule has 0 saturated carbocycles. The minimum absolute atomic E-state index is 0.000485. The summed E-state index contributed by atoms with van der Waals surface area (Å²) < 4.78 is 4.33. The van der Waals surface area contributed by atoms with Crippen LogP contribution in [0.1, 0.15) is 0 Å². The molecule has 0 atom stereocenters. The van der Waals surface area contributed by atoms with Gasteiger partial charge in [-0.2, -0.15) is 0 Å². The molecule has 0 radical (unpaired) electrons. The summed E-state index contributed by atoms with van der Waals surface area (Å²) in [5, 5.41) is 5.21. The monoisotopic (exact) mass is 510 g/mol. The number of aromatic nitrogens is 2. The van der Waals surface area contributed by atoms with Gasteiger partial charge in [0.15, 0.2) is 0 Å². The average Bonchev–Trinajstić information content (AvgIpc) is 3.51. The third-order valence-electron chi connectivity index (χ3n) is 8.45. The second-order valence-corrected chi connectivity index (χ2v) is 10.5. The van der Waals surface area contributed by atoms with Crippen molar-refractivity contribution in [2.75, 3.05) is 0 Å². The molecule has 0 unspecified atom stereocenters. The molecule has 3 aromatic heterocycles. The fourth-order valence-electron chi connectivity index (χ4n) is 6.81. The Hall–Kier alpha value is -5.41. The normalized spacial score (nSPS) is 12.1. The summed E-state index contributed by atoms with van der Waals surface area (Å²) in [4.78, 5) is 14.7. The van der Waals surface area contributed by atoms with Crippen molar-refractivity contribution in [2.24, 2.45) is 0 Å². The fraction of sp³-hybridized carbons (Fsp3) is 0. The van der Waals surface area contributed by atoms with Crippen molar-refractivity contribution in [1.82, 2.24) is 8.80 Å². The Kier molecular flexibility index (Phi) is 4.20. The Balaban J connectivity index is 1.64. The van der Waals surface area contributed by atoms with Crippen LogP contribution in [-0.2, 0) is 0 Å². The summed E-state index contributed by atoms with van der Waals surface area (Å²) in [7, 11) is 0. The number of fused-ring (bicyclic) bond motifs is 8. The zero-order chi connectivity index (χ0) is 26.4. The standard InChI is InChI=1S/C37H22N2O/c40-37-31-15-7-8-20-32(31)38-33-25(23-11-3-1-4-12-23)16-9-18-27(33)29-21-22-30-28-19-10-17-26(24-13-5-2-6-14-24)34(28)39(37)36(30)35(29)38/h1-22H. The van der Waals surface area contributed by atoms with Gasteiger partial charge in [0.25, 0.3) is 5.56 Å². The lowest BCUT2D eigenvalue weighted by Gasteiger charge is -2.07. The Morgan fingerprint density at radius 3 is 1.40 bits per heavy atom. The molecular weight excluding hydrogens is 488 g/mol. The van der Waals surface area contributed by atoms with Gasteiger partial charge in [0.2, 0.25) is 0 Å². The molecule has 6 aromatic carbocycles. The first-order valence-electron chi connectivity index (χ1n) is 13.6. The van der Waals surface area contributed by atoms with E-state index in [2.05, 4.69) is 108 Å². The number of hydrogen-bond acceptors (Lipinski definition) is 1. The molecule has 0 bridgehead atoms. The highest BCUT2D eigenvalue weighted by Gasteiger charge is 2.23. The minimum atomic E-state index is 0.000485. The second kappa shape index (κ2) is 7.81. The van der Waals surface area contributed by atoms with Gasteiger partial charge in [0.1, 0.15) is 0 Å². The smallest absolute Gasteiger partial charge is 0.265 e. The molecular formula is C37H22N2O. The lowest BCUT2D eigenvalue weighted by Crippen LogP contribution is -2.10. The predicted octanol–water partition coefficient (Wildman–Crippen LogP) is 8.94. The molecule has 0 aliphatic carbocycles. The molecule has 0 N–H and O–H groups in total. The lowest BCUT2D eigenvalue weighted by molar-refractivity contribution is 1.22. The molecule has 3 nitrogen and oxygen atoms in total. The van der Waals surface area contributed by atoms with Crippen molar-refractivity contribution in [3.05, 3.63) is 144 Å². The zero-order valence-corrected chi connectivity index (χ0v) is 21.5. The summed E-state index contributed by atoms with van der Waals surface area (Å²) in [5.74, 6) is 0. The highest BCUT2D eigenvalue weighted by Crippen LogP contribution is 2.43. The molecule has 0 fully saturated rings. The Morgan fingerprint density at radius 1 is 0.350 bits per heavy atom. The van der Waals surface area contributed by atoms with Crippen molar-refractivity contribution in [1.29, 1.82) is 0 Å². The molecule has 0 spiro atoms. The van der Waals surface area contributed by atoms with Crippen molar-refractivity contribution >= 4 is 54.5 Å². The van der Waals surface area contributed by atoms with Crippen molar-refractivity contribution in [2.45, 2.75) is 0 Å². The molecule has 9 rings (SSSR count). The van der Waals surface area contributed by atoms with E-state index < -0.39 is 0 Å². The van der Waals surface area contributed by atoms with E-state index >= 15 is 0 Å². The zero-order valence-electron chi connectivity index (χ0n) is 21.5. The molecule has 40 heavy (non-hydrogen) atoms. The number of nitrogens with zero attached hydrogens (tertiary/aromatic N) is 2. The van der Waals surface area contributed by atoms with Crippen LogP contribution in [0.15, 0.2) is 138 Å². The maximum Gasteiger partial charge on any atom is 0.265 e. The molecule has 3 heterocycles. The van der Waals surface area contributed by atoms with E-state index in [1.807, 2.05) is 34.7 Å². The fourth-order valence-corrected chi connectivity index (χ4v) is 6.81. The van der Waals surface area contributed by atoms with Gasteiger partial charge in [-0.1, -0.05) is 121 Å². The first-order chi connectivity index (χ1) is 19.8. The van der Waals surface area contributed by atoms with E-state index in [1.54, 1.807) is 0 Å². The van der Waals surface area contributed by atoms with Crippen LogP contribution in [0.2, 0.25) is 0 Å². The number of benzene rings is 6. The summed E-state index contributed by atoms with van der Waals surface area (Å²) in [6.45, 7) is 0. The predicted molar refractivity (Wildman–Crippen MR) is 167 cm³/mol. The van der Waals surface area contributed by atoms with Gasteiger partial charge in [-0.15, -0.1) is 0 Å². The molecule has 3 heteroatoms. The number of rotatable bonds is 2. The minimum Gasteiger partial charge on any atom is -0.306 e. The molecule has 9 aromatic rings. The van der Waals surface area contributed by atoms with Gasteiger partial charge < -0.3 is 4.40 Å². The van der Waals surface area contributed by atoms with E-state index in [1.165, 1.54) is 5.39 Å². The van der Waals surface area contributed by atoms with Crippen LogP contribution in [0.25, 0.3) is 76.8 Å². The van der Waals surface area contributed by atoms with Gasteiger partial charge in [-0.05, 0) is 23.3 Å². The highest BCUT2D eigenvalue weighted by molar-refractivity contribution is 6.26. The third-order valence-corrected chi connectivity index (χ3v) is 8.45. The summed E-state index contributed by atoms with van der Waals surface area (Å²) >= 11 is 0. The van der Waals surface area contributed by atoms with Gasteiger partial charge in [0, 0.05) is 32.7 Å². The van der Waals surface area contributed by atoms with Crippen molar-refractivity contribution in [3.8, 4) is 22.3 Å². The van der Waals surface area contributed by atoms with Crippen LogP contribution in [-0.4, -0.2) is 8.80 Å². The van der Waals surface area contributed by atoms with E-state index in [9.17, 15) is 4.79 Å². The third kappa shape index (κ3) is 2.66. The van der Waals surface area contributed by atoms with Crippen LogP contribution in [0.5, 0.6) is 0 Å². The molecule has 0 aliphatic heterocycles. The van der Waals surface area contributed by atoms with Gasteiger partial charge in [-0.25, -0.2) is 0 Å². The summed E-state index contributed by atoms with van der Waals surface area (Å²) in [5.41, 5.74) is 9.50. The Bertz CT molecular complexity index is 2490. The largest absolute Gasteiger partial charge is 0.306 e. The van der Waals surface area contributed by atoms with Crippen molar-refractivity contribution in [3.63, 3.8) is 0 Å². The van der Waals surface area contributed by atoms with Crippen LogP contribution in [0.4, 0.5) is 0 Å². The Labute approximate surface area is 229 Å². The van der Waals surface area contributed by atoms with E-state index in [4.69, 9.17) is 0 Å². The van der Waals surface area contributed by atoms with Crippen LogP contribution < -0.4 is 5.56 Å². The van der Waals surface area contributed by atoms with Crippen LogP contribution in [0, 0.1) is 0 Å². The first-order valence-corrected chi connectivity index (χ1v) is 13.6. The van der Waals surface area contributed by atoms with E-state index in [0.717, 1.165) is 66.0 Å². The maximum absolute atomic E-state index is 14.7. The topological polar surface area (TPSA) is 25.9 Å². The molecule has 0 saturated heterocycles. The number of para-hydroxylation sites is 3. The molecule has 186 valence electrons. The SMILES string of the molecule is O=c1c2ccccc2n2c3c(-c4ccccc4)cccc3c3ccc4c5cccc(-c6ccccc6)c5n1c4c32. The quantitative estimate of drug-likeness (QED) is 0.228. The van der Waals surface area contributed by atoms with E-state index in [0.29, 0.717) is 5.39 Å². The summed E-state index contributed by atoms with van der Waals surface area (Å²) in [6.07, 6.45) is 0. The second-order valence-electron chi connectivity index (χ2n) is 10.5. The lowest BCUT2D eigenvalue weighted by atomic mass is 10.0. The van der Waals surface area contributed by atoms with Gasteiger partial charge in [0.05, 0.1) is 33.0 Å². The van der Waals surface area contributed by atoms with Crippen molar-refractivity contribution < 1.29 is 0 Å². The maximum atomic E-state index is 14.7. The van der Waals surface area contributed by atoms with Gasteiger partial charge >= 0.3 is 0 Å². The first kappa shape index (κ1) is 21.5. The Morgan fingerprint density at radius 2 is 0.800 bits per heavy atom. The average molecular weight is 511 g/mol. The summed E-state index contributed by atoms with van der Waals surface area (Å²) in [6, 6.07) is 46.3. The van der Waals surface area contributed by atoms with Crippen LogP contribution in [0.3, 0.4) is 0 Å². The van der Waals surface area contributed by atoms with Crippen LogP contribution >= 0.6 is 0 Å².